The van der Waals surface area contributed by atoms with Crippen LogP contribution in [0.2, 0.25) is 0 Å². The monoisotopic (exact) mass is 213 g/mol. The zero-order valence-electron chi connectivity index (χ0n) is 9.74. The first-order valence-corrected chi connectivity index (χ1v) is 6.03. The fraction of sp³-hybridized carbons (Fsp3) is 1.00. The molecule has 4 heteroatoms. The topological polar surface area (TPSA) is 41.7 Å². The van der Waals surface area contributed by atoms with Crippen LogP contribution in [-0.4, -0.2) is 67.8 Å². The molecule has 2 aliphatic heterocycles. The van der Waals surface area contributed by atoms with Crippen molar-refractivity contribution in [3.63, 3.8) is 0 Å². The maximum Gasteiger partial charge on any atom is 0.0659 e. The van der Waals surface area contributed by atoms with Gasteiger partial charge in [0, 0.05) is 39.3 Å². The molecule has 0 radical (unpaired) electrons. The molecule has 0 aromatic heterocycles. The second-order valence-electron chi connectivity index (χ2n) is 4.88. The molecular formula is C11H23N3O. The molecular weight excluding hydrogens is 190 g/mol. The molecule has 0 aliphatic carbocycles. The number of nitrogens with two attached hydrogens (primary N) is 1. The van der Waals surface area contributed by atoms with Crippen LogP contribution in [0, 0.1) is 0 Å². The molecule has 2 heterocycles. The first-order chi connectivity index (χ1) is 7.22. The van der Waals surface area contributed by atoms with E-state index >= 15 is 0 Å². The van der Waals surface area contributed by atoms with Crippen molar-refractivity contribution in [3.8, 4) is 0 Å². The van der Waals surface area contributed by atoms with Gasteiger partial charge in [-0.05, 0) is 13.0 Å². The number of hydrogen-bond acceptors (Lipinski definition) is 4. The van der Waals surface area contributed by atoms with Gasteiger partial charge in [-0.3, -0.25) is 4.90 Å². The Kier molecular flexibility index (Phi) is 3.61. The Labute approximate surface area is 92.4 Å². The van der Waals surface area contributed by atoms with E-state index in [1.165, 1.54) is 19.6 Å². The minimum Gasteiger partial charge on any atom is -0.379 e. The summed E-state index contributed by atoms with van der Waals surface area (Å²) in [7, 11) is 0. The van der Waals surface area contributed by atoms with Gasteiger partial charge in [0.15, 0.2) is 0 Å². The summed E-state index contributed by atoms with van der Waals surface area (Å²) < 4.78 is 5.38. The van der Waals surface area contributed by atoms with Crippen LogP contribution in [0.25, 0.3) is 0 Å². The molecule has 15 heavy (non-hydrogen) atoms. The normalized spacial score (nSPS) is 34.8. The van der Waals surface area contributed by atoms with Gasteiger partial charge >= 0.3 is 0 Å². The molecule has 0 aromatic rings. The molecule has 0 spiro atoms. The van der Waals surface area contributed by atoms with Gasteiger partial charge in [0.2, 0.25) is 0 Å². The highest BCUT2D eigenvalue weighted by atomic mass is 16.5. The number of hydrogen-bond donors (Lipinski definition) is 1. The van der Waals surface area contributed by atoms with E-state index in [1.807, 2.05) is 0 Å². The van der Waals surface area contributed by atoms with Crippen molar-refractivity contribution in [3.05, 3.63) is 0 Å². The third-order valence-electron chi connectivity index (χ3n) is 3.58. The first-order valence-electron chi connectivity index (χ1n) is 6.03. The highest BCUT2D eigenvalue weighted by molar-refractivity contribution is 4.92. The Bertz CT molecular complexity index is 196. The van der Waals surface area contributed by atoms with Crippen molar-refractivity contribution < 1.29 is 4.74 Å². The smallest absolute Gasteiger partial charge is 0.0659 e. The molecule has 88 valence electrons. The zero-order valence-corrected chi connectivity index (χ0v) is 9.74. The van der Waals surface area contributed by atoms with Crippen molar-refractivity contribution in [2.24, 2.45) is 5.73 Å². The standard InChI is InChI=1S/C11H23N3O/c1-2-13-4-6-14(7-5-13)9-11(12)3-8-15-10-11/h2-10,12H2,1H3. The van der Waals surface area contributed by atoms with Gasteiger partial charge in [0.05, 0.1) is 12.1 Å². The van der Waals surface area contributed by atoms with E-state index in [1.54, 1.807) is 0 Å². The molecule has 1 unspecified atom stereocenters. The van der Waals surface area contributed by atoms with Crippen molar-refractivity contribution in [2.75, 3.05) is 52.5 Å². The number of ether oxygens (including phenoxy) is 1. The largest absolute Gasteiger partial charge is 0.379 e. The minimum atomic E-state index is -0.0750. The van der Waals surface area contributed by atoms with Gasteiger partial charge < -0.3 is 15.4 Å². The Balaban J connectivity index is 1.76. The van der Waals surface area contributed by atoms with E-state index in [0.29, 0.717) is 0 Å². The summed E-state index contributed by atoms with van der Waals surface area (Å²) >= 11 is 0. The summed E-state index contributed by atoms with van der Waals surface area (Å²) in [4.78, 5) is 4.98. The lowest BCUT2D eigenvalue weighted by molar-refractivity contribution is 0.104. The van der Waals surface area contributed by atoms with Crippen molar-refractivity contribution in [1.82, 2.24) is 9.80 Å². The predicted octanol–water partition coefficient (Wildman–Crippen LogP) is -0.258. The average molecular weight is 213 g/mol. The third kappa shape index (κ3) is 2.91. The fourth-order valence-corrected chi connectivity index (χ4v) is 2.46. The minimum absolute atomic E-state index is 0.0750. The molecule has 2 N–H and O–H groups in total. The Morgan fingerprint density at radius 1 is 1.20 bits per heavy atom. The van der Waals surface area contributed by atoms with E-state index in [-0.39, 0.29) is 5.54 Å². The van der Waals surface area contributed by atoms with Gasteiger partial charge in [0.25, 0.3) is 0 Å². The van der Waals surface area contributed by atoms with Crippen LogP contribution in [0.15, 0.2) is 0 Å². The van der Waals surface area contributed by atoms with Crippen LogP contribution < -0.4 is 5.73 Å². The lowest BCUT2D eigenvalue weighted by atomic mass is 9.99. The summed E-state index contributed by atoms with van der Waals surface area (Å²) in [6, 6.07) is 0. The maximum absolute atomic E-state index is 6.28. The van der Waals surface area contributed by atoms with Crippen molar-refractivity contribution >= 4 is 0 Å². The van der Waals surface area contributed by atoms with Crippen LogP contribution in [-0.2, 0) is 4.74 Å². The highest BCUT2D eigenvalue weighted by Crippen LogP contribution is 2.17. The summed E-state index contributed by atoms with van der Waals surface area (Å²) in [6.07, 6.45) is 1.01. The Hall–Kier alpha value is -0.160. The van der Waals surface area contributed by atoms with Gasteiger partial charge in [-0.1, -0.05) is 6.92 Å². The number of nitrogens with zero attached hydrogens (tertiary/aromatic N) is 2. The summed E-state index contributed by atoms with van der Waals surface area (Å²) in [5, 5.41) is 0. The predicted molar refractivity (Wildman–Crippen MR) is 60.9 cm³/mol. The third-order valence-corrected chi connectivity index (χ3v) is 3.58. The number of likely N-dealkylation sites (N-methyl/N-ethyl adjacent to an activating group) is 1. The lowest BCUT2D eigenvalue weighted by Crippen LogP contribution is -2.55. The van der Waals surface area contributed by atoms with Crippen LogP contribution >= 0.6 is 0 Å². The summed E-state index contributed by atoms with van der Waals surface area (Å²) in [5.74, 6) is 0. The molecule has 0 aromatic carbocycles. The molecule has 1 atom stereocenters. The second kappa shape index (κ2) is 4.78. The summed E-state index contributed by atoms with van der Waals surface area (Å²) in [6.45, 7) is 10.7. The SMILES string of the molecule is CCN1CCN(CC2(N)CCOC2)CC1. The van der Waals surface area contributed by atoms with Crippen molar-refractivity contribution in [2.45, 2.75) is 18.9 Å². The summed E-state index contributed by atoms with van der Waals surface area (Å²) in [5.41, 5.74) is 6.20. The molecule has 4 nitrogen and oxygen atoms in total. The van der Waals surface area contributed by atoms with E-state index < -0.39 is 0 Å². The van der Waals surface area contributed by atoms with Crippen LogP contribution in [0.1, 0.15) is 13.3 Å². The number of rotatable bonds is 3. The Morgan fingerprint density at radius 3 is 2.40 bits per heavy atom. The highest BCUT2D eigenvalue weighted by Gasteiger charge is 2.33. The van der Waals surface area contributed by atoms with E-state index in [2.05, 4.69) is 16.7 Å². The molecule has 0 saturated carbocycles. The van der Waals surface area contributed by atoms with E-state index in [0.717, 1.165) is 39.3 Å². The fourth-order valence-electron chi connectivity index (χ4n) is 2.46. The van der Waals surface area contributed by atoms with Crippen LogP contribution in [0.3, 0.4) is 0 Å². The quantitative estimate of drug-likeness (QED) is 0.701. The van der Waals surface area contributed by atoms with Crippen LogP contribution in [0.5, 0.6) is 0 Å². The second-order valence-corrected chi connectivity index (χ2v) is 4.88. The van der Waals surface area contributed by atoms with Crippen LogP contribution in [0.4, 0.5) is 0 Å². The molecule has 2 rings (SSSR count). The van der Waals surface area contributed by atoms with E-state index in [4.69, 9.17) is 10.5 Å². The molecule has 0 amide bonds. The van der Waals surface area contributed by atoms with E-state index in [9.17, 15) is 0 Å². The molecule has 2 fully saturated rings. The number of piperazine rings is 1. The molecule has 0 bridgehead atoms. The average Bonchev–Trinajstić information content (AvgIpc) is 2.66. The van der Waals surface area contributed by atoms with Gasteiger partial charge in [-0.15, -0.1) is 0 Å². The molecule has 2 saturated heterocycles. The molecule has 2 aliphatic rings. The zero-order chi connectivity index (χ0) is 10.7. The lowest BCUT2D eigenvalue weighted by Gasteiger charge is -2.37. The van der Waals surface area contributed by atoms with Crippen molar-refractivity contribution in [1.29, 1.82) is 0 Å². The van der Waals surface area contributed by atoms with Gasteiger partial charge in [-0.2, -0.15) is 0 Å². The van der Waals surface area contributed by atoms with Gasteiger partial charge in [0.1, 0.15) is 0 Å². The van der Waals surface area contributed by atoms with Gasteiger partial charge in [-0.25, -0.2) is 0 Å². The maximum atomic E-state index is 6.28. The first kappa shape index (κ1) is 11.3. The Morgan fingerprint density at radius 2 is 1.87 bits per heavy atom.